The summed E-state index contributed by atoms with van der Waals surface area (Å²) in [6.07, 6.45) is 12.0. The van der Waals surface area contributed by atoms with Crippen molar-refractivity contribution >= 4 is 29.5 Å². The van der Waals surface area contributed by atoms with Crippen molar-refractivity contribution in [3.63, 3.8) is 0 Å². The quantitative estimate of drug-likeness (QED) is 0.105. The second-order valence-electron chi connectivity index (χ2n) is 10.9. The Morgan fingerprint density at radius 3 is 2.45 bits per heavy atom. The largest absolute Gasteiger partial charge is 0.486 e. The van der Waals surface area contributed by atoms with Crippen molar-refractivity contribution in [3.8, 4) is 5.75 Å². The van der Waals surface area contributed by atoms with Gasteiger partial charge >= 0.3 is 6.09 Å². The van der Waals surface area contributed by atoms with Crippen LogP contribution in [-0.4, -0.2) is 78.6 Å². The molecule has 0 N–H and O–H groups in total. The first kappa shape index (κ1) is 38.7. The number of nitrogens with zero attached hydrogens (tertiary/aromatic N) is 4. The Balaban J connectivity index is 0.000000539. The molecule has 0 saturated heterocycles. The normalized spacial score (nSPS) is 12.0. The van der Waals surface area contributed by atoms with Gasteiger partial charge in [-0.15, -0.1) is 0 Å². The van der Waals surface area contributed by atoms with Crippen LogP contribution < -0.4 is 9.64 Å². The van der Waals surface area contributed by atoms with Crippen molar-refractivity contribution in [2.24, 2.45) is 0 Å². The van der Waals surface area contributed by atoms with Crippen LogP contribution >= 0.6 is 11.8 Å². The maximum absolute atomic E-state index is 12.1. The number of ketones is 1. The van der Waals surface area contributed by atoms with E-state index in [4.69, 9.17) is 9.47 Å². The molecule has 0 aliphatic carbocycles. The number of carbonyl (C=O) groups excluding carboxylic acids is 2. The van der Waals surface area contributed by atoms with Gasteiger partial charge in [0.15, 0.2) is 5.78 Å². The van der Waals surface area contributed by atoms with E-state index in [-0.39, 0.29) is 18.0 Å². The van der Waals surface area contributed by atoms with E-state index < -0.39 is 0 Å². The van der Waals surface area contributed by atoms with Crippen LogP contribution in [0.3, 0.4) is 0 Å². The Morgan fingerprint density at radius 1 is 1.14 bits per heavy atom. The molecule has 0 radical (unpaired) electrons. The molecule has 0 bridgehead atoms. The molecule has 0 spiro atoms. The van der Waals surface area contributed by atoms with Crippen molar-refractivity contribution in [2.75, 3.05) is 50.7 Å². The summed E-state index contributed by atoms with van der Waals surface area (Å²) in [5.74, 6) is 3.56. The number of amides is 1. The van der Waals surface area contributed by atoms with Gasteiger partial charge in [-0.1, -0.05) is 58.1 Å². The van der Waals surface area contributed by atoms with Crippen LogP contribution in [0.15, 0.2) is 54.3 Å². The van der Waals surface area contributed by atoms with Crippen molar-refractivity contribution in [2.45, 2.75) is 79.8 Å². The average Bonchev–Trinajstić information content (AvgIpc) is 3.00. The predicted octanol–water partition coefficient (Wildman–Crippen LogP) is 8.13. The third-order valence-electron chi connectivity index (χ3n) is 6.87. The standard InChI is InChI=1S/C24H37NO3S.C11H17N3O/c1-7-9-11-20(8-2)23(14-15-25(5)24(26)27-16-17-29-6)28-22-13-10-12-21(18-22)19(3)4;1-5-6-14(4)11-10(8(2)15)7-12-9(3)13-11/h7,9-13,18-19,23H,8,14-17H2,1-6H3;7H,5-6H2,1-4H3/b9-7-,20-11+;. The van der Waals surface area contributed by atoms with Gasteiger partial charge in [0.25, 0.3) is 0 Å². The Bertz CT molecular complexity index is 1210. The first-order chi connectivity index (χ1) is 21.0. The lowest BCUT2D eigenvalue weighted by atomic mass is 10.0. The van der Waals surface area contributed by atoms with Crippen LogP contribution in [0.5, 0.6) is 5.75 Å². The number of hydrogen-bond acceptors (Lipinski definition) is 8. The first-order valence-corrected chi connectivity index (χ1v) is 16.9. The van der Waals surface area contributed by atoms with Gasteiger partial charge in [0, 0.05) is 45.6 Å². The summed E-state index contributed by atoms with van der Waals surface area (Å²) in [5.41, 5.74) is 3.06. The highest BCUT2D eigenvalue weighted by Crippen LogP contribution is 2.25. The van der Waals surface area contributed by atoms with Crippen LogP contribution in [0.25, 0.3) is 0 Å². The van der Waals surface area contributed by atoms with Crippen LogP contribution in [0.1, 0.15) is 88.5 Å². The van der Waals surface area contributed by atoms with Crippen molar-refractivity contribution in [3.05, 3.63) is 71.2 Å². The summed E-state index contributed by atoms with van der Waals surface area (Å²) >= 11 is 1.66. The molecule has 1 unspecified atom stereocenters. The molecule has 0 saturated carbocycles. The van der Waals surface area contributed by atoms with E-state index in [0.717, 1.165) is 36.7 Å². The summed E-state index contributed by atoms with van der Waals surface area (Å²) in [4.78, 5) is 35.5. The fourth-order valence-corrected chi connectivity index (χ4v) is 4.52. The summed E-state index contributed by atoms with van der Waals surface area (Å²) in [6, 6.07) is 8.28. The molecule has 0 aliphatic heterocycles. The molecule has 0 aliphatic rings. The molecular weight excluding hydrogens is 572 g/mol. The summed E-state index contributed by atoms with van der Waals surface area (Å²) in [6.45, 7) is 15.8. The van der Waals surface area contributed by atoms with E-state index in [9.17, 15) is 9.59 Å². The molecule has 1 heterocycles. The monoisotopic (exact) mass is 626 g/mol. The zero-order chi connectivity index (χ0) is 33.1. The first-order valence-electron chi connectivity index (χ1n) is 15.5. The van der Waals surface area contributed by atoms with Gasteiger partial charge in [-0.25, -0.2) is 14.8 Å². The van der Waals surface area contributed by atoms with Crippen molar-refractivity contribution in [1.29, 1.82) is 0 Å². The van der Waals surface area contributed by atoms with Crippen molar-refractivity contribution in [1.82, 2.24) is 14.9 Å². The van der Waals surface area contributed by atoms with Gasteiger partial charge in [0.2, 0.25) is 0 Å². The van der Waals surface area contributed by atoms with E-state index in [1.165, 1.54) is 18.1 Å². The highest BCUT2D eigenvalue weighted by Gasteiger charge is 2.19. The highest BCUT2D eigenvalue weighted by atomic mass is 32.2. The molecule has 1 amide bonds. The smallest absolute Gasteiger partial charge is 0.409 e. The molecule has 1 aromatic heterocycles. The third kappa shape index (κ3) is 14.0. The van der Waals surface area contributed by atoms with Crippen LogP contribution in [0.2, 0.25) is 0 Å². The number of hydrogen-bond donors (Lipinski definition) is 0. The average molecular weight is 627 g/mol. The fraction of sp³-hybridized carbons (Fsp3) is 0.543. The van der Waals surface area contributed by atoms with E-state index in [0.29, 0.717) is 36.9 Å². The van der Waals surface area contributed by atoms with Gasteiger partial charge in [-0.3, -0.25) is 4.79 Å². The Hall–Kier alpha value is -3.33. The van der Waals surface area contributed by atoms with E-state index >= 15 is 0 Å². The molecule has 2 aromatic rings. The van der Waals surface area contributed by atoms with Gasteiger partial charge in [-0.05, 0) is 69.1 Å². The zero-order valence-corrected chi connectivity index (χ0v) is 29.4. The molecule has 8 nitrogen and oxygen atoms in total. The van der Waals surface area contributed by atoms with Gasteiger partial charge in [0.1, 0.15) is 30.1 Å². The molecular formula is C35H54N4O4S. The number of benzene rings is 1. The minimum atomic E-state index is -0.282. The number of carbonyl (C=O) groups is 2. The zero-order valence-electron chi connectivity index (χ0n) is 28.6. The second kappa shape index (κ2) is 21.4. The Kier molecular flexibility index (Phi) is 18.8. The fourth-order valence-electron chi connectivity index (χ4n) is 4.27. The Labute approximate surface area is 270 Å². The van der Waals surface area contributed by atoms with Crippen molar-refractivity contribution < 1.29 is 19.1 Å². The van der Waals surface area contributed by atoms with E-state index in [1.807, 2.05) is 56.3 Å². The molecule has 2 rings (SSSR count). The lowest BCUT2D eigenvalue weighted by molar-refractivity contribution is 0.101. The molecule has 0 fully saturated rings. The number of rotatable bonds is 16. The SMILES string of the molecule is C/C=C\C=C(/CC)C(CCN(C)C(=O)OCCSC)Oc1cccc(C(C)C)c1.CCCN(C)c1nc(C)ncc1C(C)=O. The van der Waals surface area contributed by atoms with Crippen LogP contribution in [0.4, 0.5) is 10.6 Å². The Morgan fingerprint density at radius 2 is 1.86 bits per heavy atom. The summed E-state index contributed by atoms with van der Waals surface area (Å²) < 4.78 is 11.7. The minimum absolute atomic E-state index is 0.00736. The summed E-state index contributed by atoms with van der Waals surface area (Å²) in [5, 5.41) is 0. The summed E-state index contributed by atoms with van der Waals surface area (Å²) in [7, 11) is 3.72. The number of ether oxygens (including phenoxy) is 2. The van der Waals surface area contributed by atoms with Gasteiger partial charge in [-0.2, -0.15) is 11.8 Å². The third-order valence-corrected chi connectivity index (χ3v) is 7.44. The second-order valence-corrected chi connectivity index (χ2v) is 11.9. The maximum Gasteiger partial charge on any atom is 0.409 e. The minimum Gasteiger partial charge on any atom is -0.486 e. The topological polar surface area (TPSA) is 84.9 Å². The number of thioether (sulfide) groups is 1. The molecule has 1 atom stereocenters. The highest BCUT2D eigenvalue weighted by molar-refractivity contribution is 7.98. The molecule has 244 valence electrons. The number of aromatic nitrogens is 2. The molecule has 9 heteroatoms. The molecule has 1 aromatic carbocycles. The van der Waals surface area contributed by atoms with Gasteiger partial charge < -0.3 is 19.3 Å². The number of aryl methyl sites for hydroxylation is 1. The lowest BCUT2D eigenvalue weighted by Gasteiger charge is -2.25. The van der Waals surface area contributed by atoms with Gasteiger partial charge in [0.05, 0.1) is 5.56 Å². The van der Waals surface area contributed by atoms with E-state index in [2.05, 4.69) is 55.9 Å². The van der Waals surface area contributed by atoms with E-state index in [1.54, 1.807) is 29.9 Å². The number of anilines is 1. The lowest BCUT2D eigenvalue weighted by Crippen LogP contribution is -2.32. The number of allylic oxidation sites excluding steroid dienone is 3. The predicted molar refractivity (Wildman–Crippen MR) is 185 cm³/mol. The number of Topliss-reactive ketones (excluding diaryl/α,β-unsaturated/α-hetero) is 1. The van der Waals surface area contributed by atoms with Crippen LogP contribution in [0, 0.1) is 6.92 Å². The maximum atomic E-state index is 12.1. The molecule has 44 heavy (non-hydrogen) atoms. The van der Waals surface area contributed by atoms with Crippen LogP contribution in [-0.2, 0) is 4.74 Å².